The van der Waals surface area contributed by atoms with Crippen LogP contribution in [0.3, 0.4) is 0 Å². The molecule has 1 fully saturated rings. The number of aromatic nitrogens is 3. The highest BCUT2D eigenvalue weighted by atomic mass is 19.1. The first-order chi connectivity index (χ1) is 11.6. The molecule has 0 amide bonds. The van der Waals surface area contributed by atoms with Crippen LogP contribution >= 0.6 is 0 Å². The van der Waals surface area contributed by atoms with Gasteiger partial charge in [0.25, 0.3) is 0 Å². The molecular weight excluding hydrogens is 309 g/mol. The number of hydrogen-bond donors (Lipinski definition) is 1. The van der Waals surface area contributed by atoms with Crippen molar-refractivity contribution in [2.24, 2.45) is 0 Å². The molecule has 24 heavy (non-hydrogen) atoms. The lowest BCUT2D eigenvalue weighted by Crippen LogP contribution is -2.25. The van der Waals surface area contributed by atoms with Crippen molar-refractivity contribution in [1.82, 2.24) is 14.5 Å². The molecule has 0 unspecified atom stereocenters. The van der Waals surface area contributed by atoms with E-state index in [0.717, 1.165) is 23.1 Å². The van der Waals surface area contributed by atoms with E-state index in [0.29, 0.717) is 11.3 Å². The first-order valence-corrected chi connectivity index (χ1v) is 7.48. The first-order valence-electron chi connectivity index (χ1n) is 7.48. The zero-order chi connectivity index (χ0) is 16.8. The van der Waals surface area contributed by atoms with Gasteiger partial charge in [0.05, 0.1) is 16.6 Å². The molecule has 118 valence electrons. The van der Waals surface area contributed by atoms with Gasteiger partial charge in [-0.3, -0.25) is 0 Å². The van der Waals surface area contributed by atoms with Crippen molar-refractivity contribution in [3.8, 4) is 11.8 Å². The molecule has 2 heterocycles. The van der Waals surface area contributed by atoms with Gasteiger partial charge in [0.15, 0.2) is 11.5 Å². The van der Waals surface area contributed by atoms with E-state index in [2.05, 4.69) is 9.97 Å². The van der Waals surface area contributed by atoms with E-state index < -0.39 is 11.5 Å². The van der Waals surface area contributed by atoms with Gasteiger partial charge in [-0.1, -0.05) is 6.07 Å². The molecule has 2 aromatic heterocycles. The second kappa shape index (κ2) is 5.13. The molecule has 1 aliphatic carbocycles. The average Bonchev–Trinajstić information content (AvgIpc) is 3.41. The highest BCUT2D eigenvalue weighted by molar-refractivity contribution is 5.86. The van der Waals surface area contributed by atoms with Crippen LogP contribution in [-0.4, -0.2) is 14.5 Å². The molecule has 0 saturated heterocycles. The summed E-state index contributed by atoms with van der Waals surface area (Å²) < 4.78 is 15.6. The lowest BCUT2D eigenvalue weighted by Gasteiger charge is -2.12. The average molecular weight is 321 g/mol. The highest BCUT2D eigenvalue weighted by Crippen LogP contribution is 2.39. The van der Waals surface area contributed by atoms with E-state index in [4.69, 9.17) is 11.0 Å². The fourth-order valence-corrected chi connectivity index (χ4v) is 2.74. The van der Waals surface area contributed by atoms with Gasteiger partial charge >= 0.3 is 5.69 Å². The molecule has 0 aliphatic heterocycles. The number of hydrogen-bond acceptors (Lipinski definition) is 5. The van der Waals surface area contributed by atoms with Crippen molar-refractivity contribution < 1.29 is 4.39 Å². The van der Waals surface area contributed by atoms with Gasteiger partial charge in [0, 0.05) is 11.6 Å². The van der Waals surface area contributed by atoms with Crippen LogP contribution in [0.5, 0.6) is 0 Å². The summed E-state index contributed by atoms with van der Waals surface area (Å²) in [5.74, 6) is -0.367. The predicted molar refractivity (Wildman–Crippen MR) is 86.2 cm³/mol. The Balaban J connectivity index is 2.10. The molecule has 1 saturated carbocycles. The lowest BCUT2D eigenvalue weighted by molar-refractivity contribution is 0.612. The number of nitrogens with two attached hydrogens (primary N) is 1. The maximum absolute atomic E-state index is 14.6. The molecule has 7 heteroatoms. The van der Waals surface area contributed by atoms with Crippen LogP contribution in [-0.2, 0) is 0 Å². The zero-order valence-corrected chi connectivity index (χ0v) is 12.5. The van der Waals surface area contributed by atoms with E-state index in [1.807, 2.05) is 6.07 Å². The van der Waals surface area contributed by atoms with Gasteiger partial charge in [-0.15, -0.1) is 0 Å². The Morgan fingerprint density at radius 1 is 1.25 bits per heavy atom. The quantitative estimate of drug-likeness (QED) is 0.780. The van der Waals surface area contributed by atoms with Crippen LogP contribution in [0.15, 0.2) is 35.1 Å². The molecule has 4 rings (SSSR count). The van der Waals surface area contributed by atoms with E-state index in [-0.39, 0.29) is 22.7 Å². The van der Waals surface area contributed by atoms with Gasteiger partial charge in [-0.05, 0) is 37.1 Å². The molecule has 3 aromatic rings. The minimum absolute atomic E-state index is 0.0537. The Morgan fingerprint density at radius 3 is 2.75 bits per heavy atom. The summed E-state index contributed by atoms with van der Waals surface area (Å²) in [6, 6.07) is 9.65. The van der Waals surface area contributed by atoms with Crippen molar-refractivity contribution in [1.29, 1.82) is 5.26 Å². The number of anilines is 1. The SMILES string of the molecule is N#Cc1cccc(-n2c(=O)nc(N)c3ccc(C4CC4)nc32)c1F. The fraction of sp³-hybridized carbons (Fsp3) is 0.176. The van der Waals surface area contributed by atoms with Gasteiger partial charge in [0.1, 0.15) is 11.9 Å². The van der Waals surface area contributed by atoms with E-state index in [1.54, 1.807) is 12.1 Å². The summed E-state index contributed by atoms with van der Waals surface area (Å²) in [6.07, 6.45) is 2.09. The smallest absolute Gasteiger partial charge is 0.355 e. The second-order valence-corrected chi connectivity index (χ2v) is 5.75. The highest BCUT2D eigenvalue weighted by Gasteiger charge is 2.26. The van der Waals surface area contributed by atoms with Crippen molar-refractivity contribution >= 4 is 16.9 Å². The Bertz CT molecular complexity index is 1080. The van der Waals surface area contributed by atoms with Crippen LogP contribution in [0.2, 0.25) is 0 Å². The third-order valence-corrected chi connectivity index (χ3v) is 4.13. The molecule has 0 spiro atoms. The standard InChI is InChI=1S/C17H12FN5O/c18-14-10(8-19)2-1-3-13(14)23-16-11(15(20)22-17(23)24)6-7-12(21-16)9-4-5-9/h1-3,6-7,9H,4-5H2,(H2,20,22,24). The summed E-state index contributed by atoms with van der Waals surface area (Å²) in [6.45, 7) is 0. The van der Waals surface area contributed by atoms with Crippen LogP contribution in [0.1, 0.15) is 30.0 Å². The summed E-state index contributed by atoms with van der Waals surface area (Å²) in [5, 5.41) is 9.49. The Kier molecular flexibility index (Phi) is 3.06. The number of nitrogen functional groups attached to an aromatic ring is 1. The Hall–Kier alpha value is -3.27. The predicted octanol–water partition coefficient (Wildman–Crippen LogP) is 2.25. The largest absolute Gasteiger partial charge is 0.383 e. The molecule has 2 N–H and O–H groups in total. The summed E-state index contributed by atoms with van der Waals surface area (Å²) in [4.78, 5) is 20.7. The number of benzene rings is 1. The fourth-order valence-electron chi connectivity index (χ4n) is 2.74. The molecule has 0 bridgehead atoms. The molecular formula is C17H12FN5O. The summed E-state index contributed by atoms with van der Waals surface area (Å²) in [5.41, 5.74) is 5.99. The normalized spacial score (nSPS) is 13.8. The number of pyridine rings is 1. The van der Waals surface area contributed by atoms with Crippen molar-refractivity contribution in [2.75, 3.05) is 5.73 Å². The summed E-state index contributed by atoms with van der Waals surface area (Å²) in [7, 11) is 0. The number of nitriles is 1. The van der Waals surface area contributed by atoms with Gasteiger partial charge in [-0.25, -0.2) is 18.7 Å². The van der Waals surface area contributed by atoms with Crippen molar-refractivity contribution in [3.05, 3.63) is 57.9 Å². The van der Waals surface area contributed by atoms with Crippen LogP contribution < -0.4 is 11.4 Å². The third-order valence-electron chi connectivity index (χ3n) is 4.13. The van der Waals surface area contributed by atoms with E-state index in [9.17, 15) is 9.18 Å². The van der Waals surface area contributed by atoms with E-state index >= 15 is 0 Å². The molecule has 1 aromatic carbocycles. The van der Waals surface area contributed by atoms with E-state index in [1.165, 1.54) is 18.2 Å². The third kappa shape index (κ3) is 2.12. The number of rotatable bonds is 2. The topological polar surface area (TPSA) is 97.6 Å². The Labute approximate surface area is 136 Å². The molecule has 0 atom stereocenters. The van der Waals surface area contributed by atoms with Crippen LogP contribution in [0.4, 0.5) is 10.2 Å². The van der Waals surface area contributed by atoms with Gasteiger partial charge in [0.2, 0.25) is 0 Å². The molecule has 0 radical (unpaired) electrons. The first kappa shape index (κ1) is 14.3. The number of fused-ring (bicyclic) bond motifs is 1. The second-order valence-electron chi connectivity index (χ2n) is 5.75. The Morgan fingerprint density at radius 2 is 2.04 bits per heavy atom. The maximum atomic E-state index is 14.6. The minimum atomic E-state index is -0.784. The van der Waals surface area contributed by atoms with Crippen molar-refractivity contribution in [3.63, 3.8) is 0 Å². The minimum Gasteiger partial charge on any atom is -0.383 e. The van der Waals surface area contributed by atoms with Gasteiger partial charge in [-0.2, -0.15) is 10.2 Å². The maximum Gasteiger partial charge on any atom is 0.355 e. The van der Waals surface area contributed by atoms with Crippen LogP contribution in [0.25, 0.3) is 16.7 Å². The molecule has 6 nitrogen and oxygen atoms in total. The number of nitrogens with zero attached hydrogens (tertiary/aromatic N) is 4. The summed E-state index contributed by atoms with van der Waals surface area (Å²) >= 11 is 0. The number of halogens is 1. The lowest BCUT2D eigenvalue weighted by atomic mass is 10.2. The van der Waals surface area contributed by atoms with Crippen molar-refractivity contribution in [2.45, 2.75) is 18.8 Å². The van der Waals surface area contributed by atoms with Gasteiger partial charge < -0.3 is 5.73 Å². The van der Waals surface area contributed by atoms with Crippen LogP contribution in [0, 0.1) is 17.1 Å². The zero-order valence-electron chi connectivity index (χ0n) is 12.5. The molecule has 1 aliphatic rings. The monoisotopic (exact) mass is 321 g/mol.